The van der Waals surface area contributed by atoms with Crippen LogP contribution in [0, 0.1) is 0 Å². The number of aromatic carboxylic acids is 1. The van der Waals surface area contributed by atoms with Gasteiger partial charge in [-0.15, -0.1) is 0 Å². The molecule has 0 aliphatic heterocycles. The SMILES string of the molecule is CCCC(=O)Nc1cc(Cl)ccc1-c1ccc(C(=O)O)o1. The number of carboxylic acids is 1. The molecule has 1 aromatic heterocycles. The lowest BCUT2D eigenvalue weighted by atomic mass is 10.1. The zero-order valence-corrected chi connectivity index (χ0v) is 12.1. The minimum Gasteiger partial charge on any atom is -0.475 e. The summed E-state index contributed by atoms with van der Waals surface area (Å²) in [5, 5.41) is 12.1. The van der Waals surface area contributed by atoms with Gasteiger partial charge in [0.15, 0.2) is 0 Å². The Morgan fingerprint density at radius 2 is 2.05 bits per heavy atom. The van der Waals surface area contributed by atoms with Gasteiger partial charge in [0.05, 0.1) is 5.69 Å². The molecule has 110 valence electrons. The van der Waals surface area contributed by atoms with Crippen molar-refractivity contribution in [1.29, 1.82) is 0 Å². The summed E-state index contributed by atoms with van der Waals surface area (Å²) >= 11 is 5.94. The Bertz CT molecular complexity index is 678. The van der Waals surface area contributed by atoms with Crippen molar-refractivity contribution in [3.63, 3.8) is 0 Å². The highest BCUT2D eigenvalue weighted by Gasteiger charge is 2.15. The largest absolute Gasteiger partial charge is 0.475 e. The fraction of sp³-hybridized carbons (Fsp3) is 0.200. The number of rotatable bonds is 5. The molecule has 0 aliphatic carbocycles. The third-order valence-electron chi connectivity index (χ3n) is 2.82. The average molecular weight is 308 g/mol. The number of carboxylic acid groups (broad SMARTS) is 1. The fourth-order valence-electron chi connectivity index (χ4n) is 1.87. The Balaban J connectivity index is 2.37. The monoisotopic (exact) mass is 307 g/mol. The predicted octanol–water partition coefficient (Wildman–Crippen LogP) is 4.04. The molecule has 1 amide bonds. The Kier molecular flexibility index (Phi) is 4.65. The Morgan fingerprint density at radius 3 is 2.67 bits per heavy atom. The van der Waals surface area contributed by atoms with Crippen molar-refractivity contribution in [2.75, 3.05) is 5.32 Å². The second-order valence-corrected chi connectivity index (χ2v) is 4.89. The quantitative estimate of drug-likeness (QED) is 0.873. The first-order valence-electron chi connectivity index (χ1n) is 6.44. The molecular formula is C15H14ClNO4. The molecule has 0 saturated heterocycles. The van der Waals surface area contributed by atoms with Crippen LogP contribution in [0.5, 0.6) is 0 Å². The number of anilines is 1. The molecule has 2 rings (SSSR count). The molecule has 0 spiro atoms. The molecule has 0 radical (unpaired) electrons. The number of hydrogen-bond donors (Lipinski definition) is 2. The van der Waals surface area contributed by atoms with Crippen LogP contribution in [0.3, 0.4) is 0 Å². The third kappa shape index (κ3) is 3.64. The molecule has 6 heteroatoms. The first-order valence-corrected chi connectivity index (χ1v) is 6.82. The highest BCUT2D eigenvalue weighted by atomic mass is 35.5. The van der Waals surface area contributed by atoms with Gasteiger partial charge in [-0.05, 0) is 36.8 Å². The molecule has 0 bridgehead atoms. The molecule has 0 fully saturated rings. The topological polar surface area (TPSA) is 79.5 Å². The van der Waals surface area contributed by atoms with Gasteiger partial charge >= 0.3 is 5.97 Å². The molecule has 0 unspecified atom stereocenters. The smallest absolute Gasteiger partial charge is 0.371 e. The number of carbonyl (C=O) groups excluding carboxylic acids is 1. The van der Waals surface area contributed by atoms with Crippen LogP contribution in [0.15, 0.2) is 34.7 Å². The molecule has 21 heavy (non-hydrogen) atoms. The van der Waals surface area contributed by atoms with Crippen molar-refractivity contribution in [3.8, 4) is 11.3 Å². The van der Waals surface area contributed by atoms with Gasteiger partial charge in [-0.3, -0.25) is 4.79 Å². The minimum atomic E-state index is -1.15. The van der Waals surface area contributed by atoms with E-state index in [1.165, 1.54) is 6.07 Å². The zero-order valence-electron chi connectivity index (χ0n) is 11.4. The molecule has 0 atom stereocenters. The summed E-state index contributed by atoms with van der Waals surface area (Å²) in [6.07, 6.45) is 1.12. The van der Waals surface area contributed by atoms with Crippen molar-refractivity contribution in [1.82, 2.24) is 0 Å². The average Bonchev–Trinajstić information content (AvgIpc) is 2.88. The van der Waals surface area contributed by atoms with Crippen molar-refractivity contribution < 1.29 is 19.1 Å². The van der Waals surface area contributed by atoms with Gasteiger partial charge in [0, 0.05) is 17.0 Å². The Hall–Kier alpha value is -2.27. The minimum absolute atomic E-state index is 0.133. The maximum Gasteiger partial charge on any atom is 0.371 e. The van der Waals surface area contributed by atoms with E-state index in [1.807, 2.05) is 6.92 Å². The van der Waals surface area contributed by atoms with Gasteiger partial charge in [0.2, 0.25) is 11.7 Å². The lowest BCUT2D eigenvalue weighted by molar-refractivity contribution is -0.116. The summed E-state index contributed by atoms with van der Waals surface area (Å²) in [6.45, 7) is 1.91. The van der Waals surface area contributed by atoms with Gasteiger partial charge in [0.25, 0.3) is 0 Å². The highest BCUT2D eigenvalue weighted by Crippen LogP contribution is 2.32. The molecule has 1 heterocycles. The van der Waals surface area contributed by atoms with Crippen molar-refractivity contribution in [2.45, 2.75) is 19.8 Å². The van der Waals surface area contributed by atoms with E-state index >= 15 is 0 Å². The second kappa shape index (κ2) is 6.45. The zero-order chi connectivity index (χ0) is 15.4. The summed E-state index contributed by atoms with van der Waals surface area (Å²) in [6, 6.07) is 7.84. The number of benzene rings is 1. The van der Waals surface area contributed by atoms with Crippen molar-refractivity contribution >= 4 is 29.2 Å². The molecule has 2 N–H and O–H groups in total. The van der Waals surface area contributed by atoms with Gasteiger partial charge in [-0.2, -0.15) is 0 Å². The molecule has 0 aliphatic rings. The number of furan rings is 1. The highest BCUT2D eigenvalue weighted by molar-refractivity contribution is 6.31. The van der Waals surface area contributed by atoms with E-state index < -0.39 is 5.97 Å². The van der Waals surface area contributed by atoms with E-state index in [-0.39, 0.29) is 11.7 Å². The van der Waals surface area contributed by atoms with Crippen LogP contribution < -0.4 is 5.32 Å². The van der Waals surface area contributed by atoms with E-state index in [9.17, 15) is 9.59 Å². The number of carbonyl (C=O) groups is 2. The van der Waals surface area contributed by atoms with Crippen LogP contribution >= 0.6 is 11.6 Å². The number of hydrogen-bond acceptors (Lipinski definition) is 3. The van der Waals surface area contributed by atoms with Crippen LogP contribution in [0.25, 0.3) is 11.3 Å². The fourth-order valence-corrected chi connectivity index (χ4v) is 2.04. The molecular weight excluding hydrogens is 294 g/mol. The predicted molar refractivity (Wildman–Crippen MR) is 79.7 cm³/mol. The standard InChI is InChI=1S/C15H14ClNO4/c1-2-3-14(18)17-11-8-9(16)4-5-10(11)12-6-7-13(21-12)15(19)20/h4-8H,2-3H2,1H3,(H,17,18)(H,19,20). The number of nitrogens with one attached hydrogen (secondary N) is 1. The maximum atomic E-state index is 11.7. The number of halogens is 1. The van der Waals surface area contributed by atoms with Crippen molar-refractivity contribution in [2.24, 2.45) is 0 Å². The van der Waals surface area contributed by atoms with E-state index in [2.05, 4.69) is 5.32 Å². The van der Waals surface area contributed by atoms with E-state index in [1.54, 1.807) is 24.3 Å². The molecule has 0 saturated carbocycles. The number of amides is 1. The van der Waals surface area contributed by atoms with Crippen LogP contribution in [-0.2, 0) is 4.79 Å². The summed E-state index contributed by atoms with van der Waals surface area (Å²) in [7, 11) is 0. The molecule has 5 nitrogen and oxygen atoms in total. The summed E-state index contributed by atoms with van der Waals surface area (Å²) in [5.74, 6) is -1.08. The van der Waals surface area contributed by atoms with Crippen LogP contribution in [0.2, 0.25) is 5.02 Å². The molecule has 1 aromatic carbocycles. The first kappa shape index (κ1) is 15.1. The van der Waals surface area contributed by atoms with Gasteiger partial charge < -0.3 is 14.8 Å². The van der Waals surface area contributed by atoms with E-state index in [4.69, 9.17) is 21.1 Å². The van der Waals surface area contributed by atoms with Crippen LogP contribution in [0.1, 0.15) is 30.3 Å². The van der Waals surface area contributed by atoms with Gasteiger partial charge in [-0.1, -0.05) is 18.5 Å². The lowest BCUT2D eigenvalue weighted by Gasteiger charge is -2.09. The van der Waals surface area contributed by atoms with Crippen LogP contribution in [0.4, 0.5) is 5.69 Å². The molecule has 2 aromatic rings. The first-order chi connectivity index (χ1) is 10.0. The van der Waals surface area contributed by atoms with Crippen LogP contribution in [-0.4, -0.2) is 17.0 Å². The second-order valence-electron chi connectivity index (χ2n) is 4.46. The van der Waals surface area contributed by atoms with Gasteiger partial charge in [-0.25, -0.2) is 4.79 Å². The maximum absolute atomic E-state index is 11.7. The summed E-state index contributed by atoms with van der Waals surface area (Å²) in [4.78, 5) is 22.6. The summed E-state index contributed by atoms with van der Waals surface area (Å²) in [5.41, 5.74) is 1.07. The Morgan fingerprint density at radius 1 is 1.29 bits per heavy atom. The summed E-state index contributed by atoms with van der Waals surface area (Å²) < 4.78 is 5.26. The van der Waals surface area contributed by atoms with Gasteiger partial charge in [0.1, 0.15) is 5.76 Å². The lowest BCUT2D eigenvalue weighted by Crippen LogP contribution is -2.11. The van der Waals surface area contributed by atoms with Crippen molar-refractivity contribution in [3.05, 3.63) is 41.1 Å². The Labute approximate surface area is 126 Å². The van der Waals surface area contributed by atoms with E-state index in [0.717, 1.165) is 6.42 Å². The van der Waals surface area contributed by atoms with E-state index in [0.29, 0.717) is 28.5 Å². The third-order valence-corrected chi connectivity index (χ3v) is 3.05. The normalized spacial score (nSPS) is 10.4.